The van der Waals surface area contributed by atoms with Crippen molar-refractivity contribution in [3.05, 3.63) is 53.6 Å². The highest BCUT2D eigenvalue weighted by Crippen LogP contribution is 2.22. The first-order chi connectivity index (χ1) is 12.2. The van der Waals surface area contributed by atoms with Crippen molar-refractivity contribution in [3.63, 3.8) is 0 Å². The van der Waals surface area contributed by atoms with Crippen LogP contribution in [0.25, 0.3) is 11.4 Å². The summed E-state index contributed by atoms with van der Waals surface area (Å²) in [5.74, 6) is -1.84. The number of sulfonamides is 1. The molecule has 0 aliphatic rings. The van der Waals surface area contributed by atoms with Gasteiger partial charge in [0.15, 0.2) is 0 Å². The van der Waals surface area contributed by atoms with Crippen LogP contribution in [0, 0.1) is 12.7 Å². The first-order valence-corrected chi connectivity index (χ1v) is 9.02. The molecule has 3 aromatic rings. The van der Waals surface area contributed by atoms with Gasteiger partial charge in [-0.1, -0.05) is 6.07 Å². The fourth-order valence-electron chi connectivity index (χ4n) is 2.51. The summed E-state index contributed by atoms with van der Waals surface area (Å²) in [7, 11) is -1.10. The van der Waals surface area contributed by atoms with Crippen LogP contribution in [0.3, 0.4) is 0 Å². The average Bonchev–Trinajstić information content (AvgIpc) is 3.11. The number of nitrogens with one attached hydrogen (secondary N) is 1. The van der Waals surface area contributed by atoms with Crippen molar-refractivity contribution < 1.29 is 17.6 Å². The molecule has 3 rings (SSSR count). The summed E-state index contributed by atoms with van der Waals surface area (Å²) in [6.45, 7) is 1.63. The van der Waals surface area contributed by atoms with Crippen molar-refractivity contribution in [2.75, 3.05) is 0 Å². The van der Waals surface area contributed by atoms with Crippen molar-refractivity contribution in [1.82, 2.24) is 24.3 Å². The molecule has 0 fully saturated rings. The van der Waals surface area contributed by atoms with Crippen LogP contribution < -0.4 is 4.72 Å². The molecular weight excluding hydrogens is 361 g/mol. The zero-order valence-electron chi connectivity index (χ0n) is 14.3. The molecule has 10 heteroatoms. The van der Waals surface area contributed by atoms with Gasteiger partial charge >= 0.3 is 0 Å². The third kappa shape index (κ3) is 3.23. The number of benzene rings is 1. The molecule has 26 heavy (non-hydrogen) atoms. The smallest absolute Gasteiger partial charge is 0.268 e. The zero-order chi connectivity index (χ0) is 19.1. The van der Waals surface area contributed by atoms with E-state index in [4.69, 9.17) is 0 Å². The quantitative estimate of drug-likeness (QED) is 0.741. The minimum atomic E-state index is -4.38. The standard InChI is InChI=1S/C16H16FN5O3S/c1-10-4-5-14(12(17)8-10)26(24,25)20-16(23)11-9-21(2)19-15(11)13-6-7-18-22(13)3/h4-9H,1-3H3,(H,20,23). The van der Waals surface area contributed by atoms with E-state index < -0.39 is 26.6 Å². The van der Waals surface area contributed by atoms with Crippen LogP contribution >= 0.6 is 0 Å². The Balaban J connectivity index is 1.97. The van der Waals surface area contributed by atoms with E-state index >= 15 is 0 Å². The first-order valence-electron chi connectivity index (χ1n) is 7.54. The molecule has 1 N–H and O–H groups in total. The number of rotatable bonds is 4. The molecule has 0 radical (unpaired) electrons. The molecular formula is C16H16FN5O3S. The van der Waals surface area contributed by atoms with Gasteiger partial charge in [-0.25, -0.2) is 17.5 Å². The lowest BCUT2D eigenvalue weighted by Gasteiger charge is -2.08. The number of hydrogen-bond acceptors (Lipinski definition) is 5. The Morgan fingerprint density at radius 2 is 1.96 bits per heavy atom. The SMILES string of the molecule is Cc1ccc(S(=O)(=O)NC(=O)c2cn(C)nc2-c2ccnn2C)c(F)c1. The average molecular weight is 377 g/mol. The van der Waals surface area contributed by atoms with Gasteiger partial charge < -0.3 is 0 Å². The van der Waals surface area contributed by atoms with E-state index in [0.29, 0.717) is 11.3 Å². The molecule has 136 valence electrons. The van der Waals surface area contributed by atoms with Gasteiger partial charge in [-0.05, 0) is 30.7 Å². The molecule has 0 spiro atoms. The van der Waals surface area contributed by atoms with Gasteiger partial charge in [-0.2, -0.15) is 10.2 Å². The summed E-state index contributed by atoms with van der Waals surface area (Å²) in [6.07, 6.45) is 2.92. The van der Waals surface area contributed by atoms with Gasteiger partial charge in [-0.3, -0.25) is 14.2 Å². The van der Waals surface area contributed by atoms with Gasteiger partial charge in [0.05, 0.1) is 11.3 Å². The topological polar surface area (TPSA) is 98.9 Å². The van der Waals surface area contributed by atoms with Gasteiger partial charge in [0.2, 0.25) is 0 Å². The lowest BCUT2D eigenvalue weighted by molar-refractivity contribution is 0.0982. The minimum absolute atomic E-state index is 0.0344. The number of amides is 1. The van der Waals surface area contributed by atoms with E-state index in [-0.39, 0.29) is 11.3 Å². The summed E-state index contributed by atoms with van der Waals surface area (Å²) >= 11 is 0. The number of carbonyl (C=O) groups is 1. The highest BCUT2D eigenvalue weighted by atomic mass is 32.2. The third-order valence-corrected chi connectivity index (χ3v) is 5.11. The zero-order valence-corrected chi connectivity index (χ0v) is 15.1. The number of aromatic nitrogens is 4. The summed E-state index contributed by atoms with van der Waals surface area (Å²) in [5, 5.41) is 8.21. The van der Waals surface area contributed by atoms with Gasteiger partial charge in [0, 0.05) is 26.5 Å². The van der Waals surface area contributed by atoms with Gasteiger partial charge in [0.25, 0.3) is 15.9 Å². The van der Waals surface area contributed by atoms with Gasteiger partial charge in [0.1, 0.15) is 16.4 Å². The highest BCUT2D eigenvalue weighted by Gasteiger charge is 2.26. The first kappa shape index (κ1) is 17.8. The van der Waals surface area contributed by atoms with Crippen LogP contribution in [0.2, 0.25) is 0 Å². The monoisotopic (exact) mass is 377 g/mol. The second-order valence-electron chi connectivity index (χ2n) is 5.77. The maximum Gasteiger partial charge on any atom is 0.268 e. The summed E-state index contributed by atoms with van der Waals surface area (Å²) in [4.78, 5) is 12.0. The molecule has 0 aliphatic heterocycles. The van der Waals surface area contributed by atoms with E-state index in [2.05, 4.69) is 10.2 Å². The lowest BCUT2D eigenvalue weighted by Crippen LogP contribution is -2.31. The molecule has 0 aliphatic carbocycles. The summed E-state index contributed by atoms with van der Waals surface area (Å²) in [5.41, 5.74) is 1.41. The molecule has 1 aromatic carbocycles. The number of aryl methyl sites for hydroxylation is 3. The molecule has 0 bridgehead atoms. The fourth-order valence-corrected chi connectivity index (χ4v) is 3.53. The predicted octanol–water partition coefficient (Wildman–Crippen LogP) is 1.39. The Morgan fingerprint density at radius 1 is 1.23 bits per heavy atom. The van der Waals surface area contributed by atoms with E-state index in [1.165, 1.54) is 27.8 Å². The second-order valence-corrected chi connectivity index (χ2v) is 7.42. The van der Waals surface area contributed by atoms with Crippen LogP contribution in [-0.2, 0) is 24.1 Å². The molecule has 8 nitrogen and oxygen atoms in total. The maximum absolute atomic E-state index is 14.0. The van der Waals surface area contributed by atoms with Crippen molar-refractivity contribution in [2.45, 2.75) is 11.8 Å². The number of halogens is 1. The van der Waals surface area contributed by atoms with Crippen LogP contribution in [0.1, 0.15) is 15.9 Å². The Bertz CT molecular complexity index is 1100. The molecule has 2 heterocycles. The van der Waals surface area contributed by atoms with Crippen molar-refractivity contribution in [3.8, 4) is 11.4 Å². The molecule has 2 aromatic heterocycles. The summed E-state index contributed by atoms with van der Waals surface area (Å²) in [6, 6.07) is 5.30. The van der Waals surface area contributed by atoms with Crippen LogP contribution in [-0.4, -0.2) is 33.9 Å². The number of hydrogen-bond donors (Lipinski definition) is 1. The fraction of sp³-hybridized carbons (Fsp3) is 0.188. The van der Waals surface area contributed by atoms with Crippen LogP contribution in [0.4, 0.5) is 4.39 Å². The highest BCUT2D eigenvalue weighted by molar-refractivity contribution is 7.90. The molecule has 0 atom stereocenters. The van der Waals surface area contributed by atoms with Crippen LogP contribution in [0.5, 0.6) is 0 Å². The number of carbonyl (C=O) groups excluding carboxylic acids is 1. The Hall–Kier alpha value is -3.01. The Labute approximate surface area is 149 Å². The van der Waals surface area contributed by atoms with Crippen LogP contribution in [0.15, 0.2) is 41.6 Å². The van der Waals surface area contributed by atoms with E-state index in [9.17, 15) is 17.6 Å². The van der Waals surface area contributed by atoms with E-state index in [1.54, 1.807) is 27.1 Å². The molecule has 0 saturated carbocycles. The Kier molecular flexibility index (Phi) is 4.36. The lowest BCUT2D eigenvalue weighted by atomic mass is 10.2. The largest absolute Gasteiger partial charge is 0.274 e. The van der Waals surface area contributed by atoms with Crippen molar-refractivity contribution in [1.29, 1.82) is 0 Å². The molecule has 0 unspecified atom stereocenters. The van der Waals surface area contributed by atoms with E-state index in [0.717, 1.165) is 12.1 Å². The van der Waals surface area contributed by atoms with Crippen molar-refractivity contribution in [2.24, 2.45) is 14.1 Å². The normalized spacial score (nSPS) is 11.5. The minimum Gasteiger partial charge on any atom is -0.274 e. The maximum atomic E-state index is 14.0. The molecule has 1 amide bonds. The Morgan fingerprint density at radius 3 is 2.58 bits per heavy atom. The third-order valence-electron chi connectivity index (χ3n) is 3.74. The number of nitrogens with zero attached hydrogens (tertiary/aromatic N) is 4. The van der Waals surface area contributed by atoms with Gasteiger partial charge in [-0.15, -0.1) is 0 Å². The summed E-state index contributed by atoms with van der Waals surface area (Å²) < 4.78 is 43.6. The van der Waals surface area contributed by atoms with E-state index in [1.807, 2.05) is 4.72 Å². The predicted molar refractivity (Wildman–Crippen MR) is 91.2 cm³/mol. The molecule has 0 saturated heterocycles. The second kappa shape index (κ2) is 6.37. The van der Waals surface area contributed by atoms with Crippen molar-refractivity contribution >= 4 is 15.9 Å².